The minimum Gasteiger partial charge on any atom is -0.352 e. The average Bonchev–Trinajstić information content (AvgIpc) is 2.26. The van der Waals surface area contributed by atoms with E-state index in [0.717, 1.165) is 4.47 Å². The minimum absolute atomic E-state index is 0. The number of hydrogen-bond acceptors (Lipinski definition) is 2. The molecule has 0 aliphatic heterocycles. The van der Waals surface area contributed by atoms with Gasteiger partial charge in [0.15, 0.2) is 0 Å². The van der Waals surface area contributed by atoms with Gasteiger partial charge in [-0.25, -0.2) is 0 Å². The molecule has 1 aromatic carbocycles. The topological polar surface area (TPSA) is 55.1 Å². The number of halogens is 2. The summed E-state index contributed by atoms with van der Waals surface area (Å²) < 4.78 is 1.07. The number of benzene rings is 1. The molecule has 102 valence electrons. The second-order valence-corrected chi connectivity index (χ2v) is 5.29. The van der Waals surface area contributed by atoms with E-state index in [9.17, 15) is 4.79 Å². The predicted octanol–water partition coefficient (Wildman–Crippen LogP) is 2.70. The summed E-state index contributed by atoms with van der Waals surface area (Å²) in [5.41, 5.74) is 8.98. The fraction of sp³-hybridized carbons (Fsp3) is 0.462. The van der Waals surface area contributed by atoms with Crippen LogP contribution in [0.3, 0.4) is 0 Å². The lowest BCUT2D eigenvalue weighted by Gasteiger charge is -2.14. The summed E-state index contributed by atoms with van der Waals surface area (Å²) in [6.07, 6.45) is 0. The van der Waals surface area contributed by atoms with Gasteiger partial charge in [0.2, 0.25) is 5.91 Å². The third-order valence-electron chi connectivity index (χ3n) is 2.90. The number of nitrogens with one attached hydrogen (secondary N) is 1. The number of aryl methyl sites for hydroxylation is 2. The molecule has 0 aliphatic rings. The molecule has 1 atom stereocenters. The number of rotatable bonds is 4. The van der Waals surface area contributed by atoms with Crippen molar-refractivity contribution in [1.29, 1.82) is 0 Å². The van der Waals surface area contributed by atoms with Crippen LogP contribution in [0.15, 0.2) is 16.6 Å². The van der Waals surface area contributed by atoms with Crippen LogP contribution < -0.4 is 11.1 Å². The van der Waals surface area contributed by atoms with Crippen molar-refractivity contribution in [3.8, 4) is 0 Å². The Balaban J connectivity index is 0.00000289. The van der Waals surface area contributed by atoms with Crippen molar-refractivity contribution in [2.45, 2.75) is 27.3 Å². The van der Waals surface area contributed by atoms with Crippen molar-refractivity contribution in [3.05, 3.63) is 33.3 Å². The summed E-state index contributed by atoms with van der Waals surface area (Å²) in [6, 6.07) is 4.11. The smallest absolute Gasteiger partial charge is 0.224 e. The van der Waals surface area contributed by atoms with Crippen LogP contribution in [-0.4, -0.2) is 12.5 Å². The summed E-state index contributed by atoms with van der Waals surface area (Å²) >= 11 is 3.46. The monoisotopic (exact) mass is 334 g/mol. The number of carbonyl (C=O) groups excluding carboxylic acids is 1. The van der Waals surface area contributed by atoms with E-state index in [1.54, 1.807) is 0 Å². The van der Waals surface area contributed by atoms with Gasteiger partial charge in [0.1, 0.15) is 0 Å². The second kappa shape index (κ2) is 7.77. The molecule has 1 aromatic rings. The molecule has 5 heteroatoms. The van der Waals surface area contributed by atoms with Crippen LogP contribution in [0.1, 0.15) is 23.6 Å². The third kappa shape index (κ3) is 4.59. The quantitative estimate of drug-likeness (QED) is 0.889. The van der Waals surface area contributed by atoms with Crippen LogP contribution in [-0.2, 0) is 11.3 Å². The van der Waals surface area contributed by atoms with Gasteiger partial charge >= 0.3 is 0 Å². The Labute approximate surface area is 123 Å². The van der Waals surface area contributed by atoms with Gasteiger partial charge in [-0.05, 0) is 42.7 Å². The van der Waals surface area contributed by atoms with E-state index in [1.807, 2.05) is 20.8 Å². The van der Waals surface area contributed by atoms with Crippen LogP contribution in [0.5, 0.6) is 0 Å². The van der Waals surface area contributed by atoms with Gasteiger partial charge in [0.25, 0.3) is 0 Å². The SMILES string of the molecule is Cc1cc(Br)cc(C)c1CNC(=O)C(C)CN.Cl. The van der Waals surface area contributed by atoms with Crippen LogP contribution in [0.4, 0.5) is 0 Å². The maximum absolute atomic E-state index is 11.6. The van der Waals surface area contributed by atoms with Crippen molar-refractivity contribution in [2.24, 2.45) is 11.7 Å². The van der Waals surface area contributed by atoms with Gasteiger partial charge in [-0.1, -0.05) is 22.9 Å². The lowest BCUT2D eigenvalue weighted by Crippen LogP contribution is -2.33. The van der Waals surface area contributed by atoms with E-state index in [0.29, 0.717) is 13.1 Å². The van der Waals surface area contributed by atoms with Crippen molar-refractivity contribution >= 4 is 34.2 Å². The first-order chi connectivity index (χ1) is 7.95. The van der Waals surface area contributed by atoms with Gasteiger partial charge in [-0.15, -0.1) is 12.4 Å². The Morgan fingerprint density at radius 3 is 2.33 bits per heavy atom. The van der Waals surface area contributed by atoms with Gasteiger partial charge < -0.3 is 11.1 Å². The molecular weight excluding hydrogens is 316 g/mol. The van der Waals surface area contributed by atoms with Gasteiger partial charge in [-0.3, -0.25) is 4.79 Å². The zero-order chi connectivity index (χ0) is 13.0. The van der Waals surface area contributed by atoms with Crippen molar-refractivity contribution < 1.29 is 4.79 Å². The molecule has 0 fully saturated rings. The Kier molecular flexibility index (Phi) is 7.52. The summed E-state index contributed by atoms with van der Waals surface area (Å²) in [7, 11) is 0. The maximum atomic E-state index is 11.6. The Hall–Kier alpha value is -0.580. The van der Waals surface area contributed by atoms with E-state index in [2.05, 4.69) is 33.4 Å². The molecule has 0 saturated heterocycles. The fourth-order valence-electron chi connectivity index (χ4n) is 1.68. The molecule has 0 bridgehead atoms. The van der Waals surface area contributed by atoms with Crippen LogP contribution in [0, 0.1) is 19.8 Å². The van der Waals surface area contributed by atoms with Crippen molar-refractivity contribution in [1.82, 2.24) is 5.32 Å². The highest BCUT2D eigenvalue weighted by atomic mass is 79.9. The zero-order valence-electron chi connectivity index (χ0n) is 10.9. The second-order valence-electron chi connectivity index (χ2n) is 4.37. The van der Waals surface area contributed by atoms with E-state index in [4.69, 9.17) is 5.73 Å². The van der Waals surface area contributed by atoms with E-state index < -0.39 is 0 Å². The average molecular weight is 336 g/mol. The number of hydrogen-bond donors (Lipinski definition) is 2. The number of carbonyl (C=O) groups is 1. The molecule has 0 spiro atoms. The first-order valence-corrected chi connectivity index (χ1v) is 6.48. The van der Waals surface area contributed by atoms with Crippen molar-refractivity contribution in [3.63, 3.8) is 0 Å². The first kappa shape index (κ1) is 17.4. The predicted molar refractivity (Wildman–Crippen MR) is 80.9 cm³/mol. The van der Waals surface area contributed by atoms with Gasteiger partial charge in [0, 0.05) is 23.5 Å². The van der Waals surface area contributed by atoms with Crippen LogP contribution in [0.2, 0.25) is 0 Å². The number of amides is 1. The minimum atomic E-state index is -0.133. The van der Waals surface area contributed by atoms with E-state index in [1.165, 1.54) is 16.7 Å². The van der Waals surface area contributed by atoms with E-state index in [-0.39, 0.29) is 24.2 Å². The molecule has 0 aliphatic carbocycles. The molecule has 0 heterocycles. The molecular formula is C13H20BrClN2O. The lowest BCUT2D eigenvalue weighted by atomic mass is 10.0. The summed E-state index contributed by atoms with van der Waals surface area (Å²) in [4.78, 5) is 11.6. The normalized spacial score (nSPS) is 11.6. The molecule has 3 N–H and O–H groups in total. The molecule has 1 unspecified atom stereocenters. The Morgan fingerprint density at radius 2 is 1.89 bits per heavy atom. The van der Waals surface area contributed by atoms with Crippen LogP contribution >= 0.6 is 28.3 Å². The highest BCUT2D eigenvalue weighted by Gasteiger charge is 2.11. The molecule has 0 saturated carbocycles. The molecule has 1 amide bonds. The van der Waals surface area contributed by atoms with Crippen molar-refractivity contribution in [2.75, 3.05) is 6.54 Å². The Morgan fingerprint density at radius 1 is 1.39 bits per heavy atom. The molecule has 0 radical (unpaired) electrons. The highest BCUT2D eigenvalue weighted by molar-refractivity contribution is 9.10. The standard InChI is InChI=1S/C13H19BrN2O.ClH/c1-8-4-11(14)5-9(2)12(8)7-16-13(17)10(3)6-15;/h4-5,10H,6-7,15H2,1-3H3,(H,16,17);1H. The van der Waals surface area contributed by atoms with Gasteiger partial charge in [-0.2, -0.15) is 0 Å². The highest BCUT2D eigenvalue weighted by Crippen LogP contribution is 2.20. The molecule has 18 heavy (non-hydrogen) atoms. The van der Waals surface area contributed by atoms with E-state index >= 15 is 0 Å². The molecule has 3 nitrogen and oxygen atoms in total. The zero-order valence-corrected chi connectivity index (χ0v) is 13.3. The molecule has 1 rings (SSSR count). The fourth-order valence-corrected chi connectivity index (χ4v) is 2.36. The summed E-state index contributed by atoms with van der Waals surface area (Å²) in [6.45, 7) is 6.87. The largest absolute Gasteiger partial charge is 0.352 e. The third-order valence-corrected chi connectivity index (χ3v) is 3.36. The number of nitrogens with two attached hydrogens (primary N) is 1. The Bertz CT molecular complexity index is 400. The van der Waals surface area contributed by atoms with Crippen LogP contribution in [0.25, 0.3) is 0 Å². The molecule has 0 aromatic heterocycles. The lowest BCUT2D eigenvalue weighted by molar-refractivity contribution is -0.124. The maximum Gasteiger partial charge on any atom is 0.224 e. The summed E-state index contributed by atoms with van der Waals surface area (Å²) in [5, 5.41) is 2.92. The first-order valence-electron chi connectivity index (χ1n) is 5.69. The van der Waals surface area contributed by atoms with Gasteiger partial charge in [0.05, 0.1) is 0 Å². The summed E-state index contributed by atoms with van der Waals surface area (Å²) in [5.74, 6) is -0.125.